The summed E-state index contributed by atoms with van der Waals surface area (Å²) in [6.45, 7) is 0.0102. The predicted octanol–water partition coefficient (Wildman–Crippen LogP) is 5.32. The molecule has 0 fully saturated rings. The first-order valence-electron chi connectivity index (χ1n) is 7.20. The summed E-state index contributed by atoms with van der Waals surface area (Å²) >= 11 is 16.7. The van der Waals surface area contributed by atoms with Gasteiger partial charge in [0.25, 0.3) is 5.82 Å². The molecule has 12 heteroatoms. The maximum absolute atomic E-state index is 12.8. The lowest BCUT2D eigenvalue weighted by molar-refractivity contribution is -0.147. The highest BCUT2D eigenvalue weighted by Crippen LogP contribution is 2.33. The average Bonchev–Trinajstić information content (AvgIpc) is 3.18. The first kappa shape index (κ1) is 19.5. The topological polar surface area (TPSA) is 68.3 Å². The number of rotatable bonds is 5. The highest BCUT2D eigenvalue weighted by molar-refractivity contribution is 7.71. The van der Waals surface area contributed by atoms with Crippen molar-refractivity contribution in [3.8, 4) is 5.75 Å². The Morgan fingerprint density at radius 2 is 1.96 bits per heavy atom. The molecule has 0 aliphatic rings. The first-order valence-corrected chi connectivity index (χ1v) is 8.36. The molecule has 3 rings (SSSR count). The van der Waals surface area contributed by atoms with E-state index in [-0.39, 0.29) is 17.1 Å². The summed E-state index contributed by atoms with van der Waals surface area (Å²) < 4.78 is 49.6. The minimum atomic E-state index is -4.71. The predicted molar refractivity (Wildman–Crippen MR) is 94.9 cm³/mol. The first-order chi connectivity index (χ1) is 12.8. The van der Waals surface area contributed by atoms with Crippen molar-refractivity contribution in [2.24, 2.45) is 5.10 Å². The smallest absolute Gasteiger partial charge is 0.453 e. The van der Waals surface area contributed by atoms with Crippen LogP contribution in [-0.4, -0.2) is 21.1 Å². The molecule has 0 saturated heterocycles. The molecule has 0 saturated carbocycles. The number of halogens is 5. The Bertz CT molecular complexity index is 1020. The number of nitrogens with zero attached hydrogens (tertiary/aromatic N) is 3. The molecule has 27 heavy (non-hydrogen) atoms. The van der Waals surface area contributed by atoms with Crippen molar-refractivity contribution in [2.75, 3.05) is 0 Å². The third-order valence-corrected chi connectivity index (χ3v) is 4.02. The lowest BCUT2D eigenvalue weighted by atomic mass is 10.3. The number of ether oxygens (including phenoxy) is 1. The van der Waals surface area contributed by atoms with E-state index in [0.29, 0.717) is 26.2 Å². The summed E-state index contributed by atoms with van der Waals surface area (Å²) in [5.41, 5.74) is 0. The molecule has 1 N–H and O–H groups in total. The van der Waals surface area contributed by atoms with E-state index in [1.807, 2.05) is 0 Å². The zero-order valence-electron chi connectivity index (χ0n) is 13.1. The quantitative estimate of drug-likeness (QED) is 0.434. The zero-order valence-corrected chi connectivity index (χ0v) is 15.5. The van der Waals surface area contributed by atoms with Crippen molar-refractivity contribution < 1.29 is 22.3 Å². The Labute approximate surface area is 165 Å². The van der Waals surface area contributed by atoms with Crippen LogP contribution in [0.25, 0.3) is 0 Å². The number of para-hydroxylation sites is 1. The average molecular weight is 437 g/mol. The summed E-state index contributed by atoms with van der Waals surface area (Å²) in [5.74, 6) is -0.395. The summed E-state index contributed by atoms with van der Waals surface area (Å²) in [5, 5.41) is 9.49. The Morgan fingerprint density at radius 1 is 1.26 bits per heavy atom. The van der Waals surface area contributed by atoms with Gasteiger partial charge in [-0.05, 0) is 36.5 Å². The van der Waals surface area contributed by atoms with Gasteiger partial charge in [0, 0.05) is 0 Å². The van der Waals surface area contributed by atoms with Crippen molar-refractivity contribution in [1.29, 1.82) is 0 Å². The van der Waals surface area contributed by atoms with Gasteiger partial charge in [-0.15, -0.1) is 5.10 Å². The van der Waals surface area contributed by atoms with E-state index in [1.165, 1.54) is 6.07 Å². The third-order valence-electron chi connectivity index (χ3n) is 3.16. The molecular formula is C15H9Cl2F3N4O2S. The van der Waals surface area contributed by atoms with E-state index < -0.39 is 12.0 Å². The molecule has 0 aliphatic carbocycles. The van der Waals surface area contributed by atoms with Crippen LogP contribution < -0.4 is 4.74 Å². The number of H-pyrrole nitrogens is 1. The fourth-order valence-electron chi connectivity index (χ4n) is 2.00. The van der Waals surface area contributed by atoms with Crippen LogP contribution in [0.2, 0.25) is 10.0 Å². The Balaban J connectivity index is 1.73. The maximum Gasteiger partial charge on any atom is 0.453 e. The Morgan fingerprint density at radius 3 is 2.63 bits per heavy atom. The van der Waals surface area contributed by atoms with Crippen LogP contribution in [-0.2, 0) is 12.8 Å². The van der Waals surface area contributed by atoms with Gasteiger partial charge in [0.15, 0.2) is 5.75 Å². The van der Waals surface area contributed by atoms with Gasteiger partial charge in [0.1, 0.15) is 18.1 Å². The zero-order chi connectivity index (χ0) is 19.6. The number of aromatic nitrogens is 3. The highest BCUT2D eigenvalue weighted by Gasteiger charge is 2.37. The van der Waals surface area contributed by atoms with Gasteiger partial charge in [-0.2, -0.15) is 22.9 Å². The summed E-state index contributed by atoms with van der Waals surface area (Å²) in [6, 6.07) is 8.00. The molecular weight excluding hydrogens is 428 g/mol. The summed E-state index contributed by atoms with van der Waals surface area (Å²) in [4.78, 5) is 0. The van der Waals surface area contributed by atoms with Crippen LogP contribution in [0.1, 0.15) is 17.3 Å². The van der Waals surface area contributed by atoms with Crippen LogP contribution >= 0.6 is 35.4 Å². The summed E-state index contributed by atoms with van der Waals surface area (Å²) in [6.07, 6.45) is -3.63. The van der Waals surface area contributed by atoms with Gasteiger partial charge in [-0.25, -0.2) is 5.10 Å². The number of nitrogens with one attached hydrogen (secondary N) is 1. The normalized spacial score (nSPS) is 12.0. The number of aromatic amines is 1. The molecule has 0 unspecified atom stereocenters. The second-order valence-corrected chi connectivity index (χ2v) is 6.25. The molecule has 6 nitrogen and oxygen atoms in total. The SMILES string of the molecule is FC(F)(F)c1n[nH]c(=S)n1N=Cc1ccc(COc2c(Cl)cccc2Cl)o1. The van der Waals surface area contributed by atoms with Crippen molar-refractivity contribution in [2.45, 2.75) is 12.8 Å². The minimum Gasteiger partial charge on any atom is -0.483 e. The van der Waals surface area contributed by atoms with E-state index in [4.69, 9.17) is 44.6 Å². The Hall–Kier alpha value is -2.30. The van der Waals surface area contributed by atoms with Gasteiger partial charge in [0.05, 0.1) is 16.3 Å². The maximum atomic E-state index is 12.8. The number of hydrogen-bond acceptors (Lipinski definition) is 5. The lowest BCUT2D eigenvalue weighted by Gasteiger charge is -2.07. The number of hydrogen-bond donors (Lipinski definition) is 1. The van der Waals surface area contributed by atoms with Gasteiger partial charge < -0.3 is 9.15 Å². The second kappa shape index (κ2) is 7.75. The number of benzene rings is 1. The number of furan rings is 1. The van der Waals surface area contributed by atoms with E-state index in [1.54, 1.807) is 24.3 Å². The molecule has 2 aromatic heterocycles. The van der Waals surface area contributed by atoms with Crippen LogP contribution in [0.15, 0.2) is 39.9 Å². The lowest BCUT2D eigenvalue weighted by Crippen LogP contribution is -2.12. The molecule has 1 aromatic carbocycles. The molecule has 0 spiro atoms. The molecule has 0 aliphatic heterocycles. The van der Waals surface area contributed by atoms with Gasteiger partial charge in [-0.1, -0.05) is 29.3 Å². The molecule has 0 radical (unpaired) electrons. The standard InChI is InChI=1S/C15H9Cl2F3N4O2S/c16-10-2-1-3-11(17)12(10)25-7-9-5-4-8(26-9)6-21-24-13(15(18,19)20)22-23-14(24)27/h1-6H,7H2,(H,23,27). The van der Waals surface area contributed by atoms with Crippen molar-refractivity contribution in [1.82, 2.24) is 14.9 Å². The minimum absolute atomic E-state index is 0.0102. The van der Waals surface area contributed by atoms with Gasteiger partial charge >= 0.3 is 6.18 Å². The van der Waals surface area contributed by atoms with Crippen LogP contribution in [0.3, 0.4) is 0 Å². The van der Waals surface area contributed by atoms with E-state index in [2.05, 4.69) is 15.3 Å². The molecule has 0 bridgehead atoms. The fraction of sp³-hybridized carbons (Fsp3) is 0.133. The second-order valence-electron chi connectivity index (χ2n) is 5.05. The van der Waals surface area contributed by atoms with E-state index in [9.17, 15) is 13.2 Å². The van der Waals surface area contributed by atoms with Gasteiger partial charge in [0.2, 0.25) is 4.77 Å². The molecule has 2 heterocycles. The highest BCUT2D eigenvalue weighted by atomic mass is 35.5. The number of alkyl halides is 3. The van der Waals surface area contributed by atoms with Crippen LogP contribution in [0.4, 0.5) is 13.2 Å². The van der Waals surface area contributed by atoms with E-state index in [0.717, 1.165) is 6.21 Å². The molecule has 0 amide bonds. The summed E-state index contributed by atoms with van der Waals surface area (Å²) in [7, 11) is 0. The fourth-order valence-corrected chi connectivity index (χ4v) is 2.69. The van der Waals surface area contributed by atoms with E-state index >= 15 is 0 Å². The van der Waals surface area contributed by atoms with Crippen LogP contribution in [0, 0.1) is 4.77 Å². The van der Waals surface area contributed by atoms with Crippen LogP contribution in [0.5, 0.6) is 5.75 Å². The largest absolute Gasteiger partial charge is 0.483 e. The molecule has 0 atom stereocenters. The van der Waals surface area contributed by atoms with Crippen molar-refractivity contribution in [3.05, 3.63) is 62.5 Å². The van der Waals surface area contributed by atoms with Crippen molar-refractivity contribution >= 4 is 41.6 Å². The molecule has 142 valence electrons. The van der Waals surface area contributed by atoms with Crippen molar-refractivity contribution in [3.63, 3.8) is 0 Å². The molecule has 3 aromatic rings. The third kappa shape index (κ3) is 4.52. The Kier molecular flexibility index (Phi) is 5.59. The monoisotopic (exact) mass is 436 g/mol. The van der Waals surface area contributed by atoms with Gasteiger partial charge in [-0.3, -0.25) is 0 Å².